The van der Waals surface area contributed by atoms with Crippen LogP contribution in [0.25, 0.3) is 0 Å². The number of phenolic OH excluding ortho intramolecular Hbond substituents is 1. The van der Waals surface area contributed by atoms with Crippen molar-refractivity contribution in [2.24, 2.45) is 29.6 Å². The third-order valence-corrected chi connectivity index (χ3v) is 12.4. The van der Waals surface area contributed by atoms with Gasteiger partial charge in [-0.1, -0.05) is 23.7 Å². The monoisotopic (exact) mass is 1080 g/mol. The molecule has 5 aliphatic rings. The average molecular weight is 1080 g/mol. The number of ether oxygens (including phenoxy) is 6. The Balaban J connectivity index is 0.000000155. The zero-order valence-corrected chi connectivity index (χ0v) is 43.0. The van der Waals surface area contributed by atoms with Crippen molar-refractivity contribution in [1.29, 1.82) is 0 Å². The summed E-state index contributed by atoms with van der Waals surface area (Å²) in [4.78, 5) is 45.5. The van der Waals surface area contributed by atoms with Crippen LogP contribution in [-0.2, 0) is 14.2 Å². The van der Waals surface area contributed by atoms with Gasteiger partial charge in [0.2, 0.25) is 0 Å². The molecule has 0 radical (unpaired) electrons. The third-order valence-electron chi connectivity index (χ3n) is 11.1. The van der Waals surface area contributed by atoms with Crippen LogP contribution in [0.2, 0.25) is 0 Å². The molecule has 0 spiro atoms. The number of carboxylic acid groups (broad SMARTS) is 1. The first-order valence-corrected chi connectivity index (χ1v) is 25.6. The summed E-state index contributed by atoms with van der Waals surface area (Å²) in [6.45, 7) is 8.52. The van der Waals surface area contributed by atoms with Gasteiger partial charge >= 0.3 is 23.9 Å². The van der Waals surface area contributed by atoms with Gasteiger partial charge in [-0.25, -0.2) is 19.2 Å². The number of aromatic carboxylic acids is 1. The lowest BCUT2D eigenvalue weighted by Gasteiger charge is -2.10. The highest BCUT2D eigenvalue weighted by atomic mass is 79.9. The number of phenols is 1. The topological polar surface area (TPSA) is 164 Å². The molecule has 5 aliphatic carbocycles. The minimum absolute atomic E-state index is 0.0329. The van der Waals surface area contributed by atoms with Crippen LogP contribution in [0.3, 0.4) is 0 Å². The van der Waals surface area contributed by atoms with Crippen LogP contribution in [0.4, 0.5) is 0 Å². The van der Waals surface area contributed by atoms with Crippen LogP contribution in [0.15, 0.2) is 81.7 Å². The summed E-state index contributed by atoms with van der Waals surface area (Å²) in [5, 5.41) is 18.3. The second-order valence-electron chi connectivity index (χ2n) is 17.6. The van der Waals surface area contributed by atoms with E-state index in [1.54, 1.807) is 75.4 Å². The van der Waals surface area contributed by atoms with Crippen LogP contribution >= 0.6 is 31.9 Å². The van der Waals surface area contributed by atoms with E-state index in [1.165, 1.54) is 70.3 Å². The van der Waals surface area contributed by atoms with Crippen LogP contribution in [0.1, 0.15) is 138 Å². The van der Waals surface area contributed by atoms with Crippen LogP contribution in [0, 0.1) is 53.3 Å². The van der Waals surface area contributed by atoms with Gasteiger partial charge in [-0.2, -0.15) is 0 Å². The smallest absolute Gasteiger partial charge is 0.338 e. The minimum Gasteiger partial charge on any atom is -0.507 e. The van der Waals surface area contributed by atoms with Gasteiger partial charge < -0.3 is 38.6 Å². The lowest BCUT2D eigenvalue weighted by Crippen LogP contribution is -2.07. The molecule has 0 atom stereocenters. The summed E-state index contributed by atoms with van der Waals surface area (Å²) in [5.74, 6) is 15.9. The summed E-state index contributed by atoms with van der Waals surface area (Å²) in [5.41, 5.74) is 3.33. The maximum Gasteiger partial charge on any atom is 0.338 e. The lowest BCUT2D eigenvalue weighted by atomic mass is 10.1. The summed E-state index contributed by atoms with van der Waals surface area (Å²) in [7, 11) is 0. The molecule has 70 heavy (non-hydrogen) atoms. The first-order chi connectivity index (χ1) is 33.8. The van der Waals surface area contributed by atoms with Gasteiger partial charge in [0.25, 0.3) is 0 Å². The molecule has 2 N–H and O–H groups in total. The molecule has 5 saturated carbocycles. The summed E-state index contributed by atoms with van der Waals surface area (Å²) in [6, 6.07) is 20.1. The first kappa shape index (κ1) is 53.4. The molecule has 370 valence electrons. The summed E-state index contributed by atoms with van der Waals surface area (Å²) >= 11 is 6.53. The van der Waals surface area contributed by atoms with Crippen molar-refractivity contribution in [1.82, 2.24) is 0 Å². The molecule has 4 aromatic rings. The van der Waals surface area contributed by atoms with Crippen molar-refractivity contribution in [3.63, 3.8) is 0 Å². The van der Waals surface area contributed by atoms with Gasteiger partial charge in [0.05, 0.1) is 82.0 Å². The van der Waals surface area contributed by atoms with E-state index in [0.717, 1.165) is 22.2 Å². The molecule has 4 aromatic carbocycles. The molecule has 9 rings (SSSR count). The van der Waals surface area contributed by atoms with E-state index in [1.807, 2.05) is 12.1 Å². The number of hydrogen-bond acceptors (Lipinski definition) is 11. The van der Waals surface area contributed by atoms with Gasteiger partial charge in [0, 0.05) is 11.8 Å². The molecule has 0 amide bonds. The second-order valence-corrected chi connectivity index (χ2v) is 19.3. The van der Waals surface area contributed by atoms with Crippen molar-refractivity contribution >= 4 is 55.7 Å². The van der Waals surface area contributed by atoms with Crippen molar-refractivity contribution in [2.45, 2.75) is 85.0 Å². The fourth-order valence-corrected chi connectivity index (χ4v) is 6.67. The largest absolute Gasteiger partial charge is 0.507 e. The highest BCUT2D eigenvalue weighted by Crippen LogP contribution is 2.35. The number of rotatable bonds is 16. The quantitative estimate of drug-likeness (QED) is 0.0621. The molecule has 14 heteroatoms. The Hall–Kier alpha value is -5.96. The Labute approximate surface area is 427 Å². The van der Waals surface area contributed by atoms with Crippen LogP contribution < -0.4 is 14.2 Å². The molecular formula is C56H60Br2O12. The minimum atomic E-state index is -0.932. The molecule has 0 heterocycles. The standard InChI is InChI=1S/C18H20O3.C16H16O3.C13H15BrO3.C9H9BrO3/c1-2-20-18(19)16-10-9-15(8-7-13-3-4-13)17(11-16)21-12-14-5-6-14;17-16(18)14-8-7-13(6-5-11-1-2-11)15(9-14)19-10-12-3-4-12;1-2-16-13(15)10-5-6-11(14)12(7-10)17-8-9-3-4-9;1-2-13-9(12)6-3-4-7(10)8(11)5-6/h9-11,13-14H,2-6,12H2,1H3;7-9,11-12H,1-4,10H2,(H,17,18);5-7,9H,2-4,8H2,1H3;3-5,11H,2H2,1H3. The Morgan fingerprint density at radius 2 is 0.857 bits per heavy atom. The zero-order valence-electron chi connectivity index (χ0n) is 39.9. The maximum atomic E-state index is 11.8. The Morgan fingerprint density at radius 3 is 1.24 bits per heavy atom. The Kier molecular flexibility index (Phi) is 20.5. The van der Waals surface area contributed by atoms with E-state index in [4.69, 9.17) is 33.5 Å². The van der Waals surface area contributed by atoms with Gasteiger partial charge in [0.15, 0.2) is 0 Å². The Bertz CT molecular complexity index is 2580. The third kappa shape index (κ3) is 18.7. The number of benzene rings is 4. The van der Waals surface area contributed by atoms with Gasteiger partial charge in [-0.05, 0) is 207 Å². The van der Waals surface area contributed by atoms with Crippen molar-refractivity contribution in [3.8, 4) is 46.7 Å². The molecular weight excluding hydrogens is 1020 g/mol. The highest BCUT2D eigenvalue weighted by Gasteiger charge is 2.25. The highest BCUT2D eigenvalue weighted by molar-refractivity contribution is 9.11. The molecule has 0 saturated heterocycles. The van der Waals surface area contributed by atoms with E-state index >= 15 is 0 Å². The lowest BCUT2D eigenvalue weighted by molar-refractivity contribution is 0.0516. The van der Waals surface area contributed by atoms with E-state index in [-0.39, 0.29) is 23.3 Å². The predicted octanol–water partition coefficient (Wildman–Crippen LogP) is 12.1. The molecule has 5 fully saturated rings. The molecule has 0 bridgehead atoms. The van der Waals surface area contributed by atoms with E-state index in [9.17, 15) is 24.3 Å². The number of esters is 3. The van der Waals surface area contributed by atoms with Crippen LogP contribution in [-0.4, -0.2) is 73.7 Å². The fourth-order valence-electron chi connectivity index (χ4n) is 6.07. The number of carboxylic acids is 1. The molecule has 12 nitrogen and oxygen atoms in total. The summed E-state index contributed by atoms with van der Waals surface area (Å²) < 4.78 is 33.5. The van der Waals surface area contributed by atoms with Gasteiger partial charge in [-0.3, -0.25) is 0 Å². The maximum absolute atomic E-state index is 11.8. The van der Waals surface area contributed by atoms with E-state index in [2.05, 4.69) is 55.5 Å². The fraction of sp³-hybridized carbons (Fsp3) is 0.429. The second kappa shape index (κ2) is 26.9. The molecule has 0 unspecified atom stereocenters. The Morgan fingerprint density at radius 1 is 0.500 bits per heavy atom. The van der Waals surface area contributed by atoms with Crippen molar-refractivity contribution in [3.05, 3.63) is 115 Å². The molecule has 0 aromatic heterocycles. The number of halogens is 2. The zero-order chi connectivity index (χ0) is 50.0. The van der Waals surface area contributed by atoms with Gasteiger partial charge in [-0.15, -0.1) is 0 Å². The molecule has 0 aliphatic heterocycles. The van der Waals surface area contributed by atoms with Gasteiger partial charge in [0.1, 0.15) is 23.0 Å². The van der Waals surface area contributed by atoms with E-state index < -0.39 is 11.9 Å². The average Bonchev–Trinajstić information content (AvgIpc) is 4.13. The van der Waals surface area contributed by atoms with Crippen molar-refractivity contribution in [2.75, 3.05) is 39.6 Å². The number of carbonyl (C=O) groups is 4. The van der Waals surface area contributed by atoms with Crippen LogP contribution in [0.5, 0.6) is 23.0 Å². The first-order valence-electron chi connectivity index (χ1n) is 24.1. The predicted molar refractivity (Wildman–Crippen MR) is 272 cm³/mol. The SMILES string of the molecule is CCOC(=O)c1ccc(Br)c(O)c1.CCOC(=O)c1ccc(Br)c(OCC2CC2)c1.CCOC(=O)c1ccc(C#CC2CC2)c(OCC2CC2)c1.O=C(O)c1ccc(C#CC2CC2)c(OCC2CC2)c1. The number of aromatic hydroxyl groups is 1. The van der Waals surface area contributed by atoms with Crippen molar-refractivity contribution < 1.29 is 57.8 Å². The number of hydrogen-bond donors (Lipinski definition) is 2. The number of carbonyl (C=O) groups excluding carboxylic acids is 3. The summed E-state index contributed by atoms with van der Waals surface area (Å²) in [6.07, 6.45) is 12.1. The normalized spacial score (nSPS) is 15.1. The van der Waals surface area contributed by atoms with E-state index in [0.29, 0.717) is 101 Å².